The van der Waals surface area contributed by atoms with Crippen LogP contribution in [0.25, 0.3) is 0 Å². The standard InChI is InChI=1S/C7H15NO3/c1-3-6(9)5(8)7(10)4(2)11-3/h3-7,9-10H,8H2,1-2H3. The minimum absolute atomic E-state index is 0.289. The van der Waals surface area contributed by atoms with Crippen molar-refractivity contribution in [2.45, 2.75) is 44.3 Å². The number of rotatable bonds is 0. The quantitative estimate of drug-likeness (QED) is 0.419. The van der Waals surface area contributed by atoms with Crippen LogP contribution in [0.15, 0.2) is 0 Å². The molecule has 1 aliphatic rings. The van der Waals surface area contributed by atoms with E-state index in [-0.39, 0.29) is 12.2 Å². The van der Waals surface area contributed by atoms with E-state index >= 15 is 0 Å². The molecule has 0 spiro atoms. The molecule has 4 N–H and O–H groups in total. The van der Waals surface area contributed by atoms with Crippen molar-refractivity contribution in [3.05, 3.63) is 0 Å². The van der Waals surface area contributed by atoms with E-state index in [1.165, 1.54) is 0 Å². The van der Waals surface area contributed by atoms with Gasteiger partial charge >= 0.3 is 0 Å². The highest BCUT2D eigenvalue weighted by molar-refractivity contribution is 4.91. The Kier molecular flexibility index (Phi) is 2.49. The van der Waals surface area contributed by atoms with Crippen LogP contribution in [0.3, 0.4) is 0 Å². The Morgan fingerprint density at radius 1 is 1.09 bits per heavy atom. The van der Waals surface area contributed by atoms with Gasteiger partial charge in [-0.3, -0.25) is 0 Å². The molecule has 66 valence electrons. The summed E-state index contributed by atoms with van der Waals surface area (Å²) in [4.78, 5) is 0. The van der Waals surface area contributed by atoms with Crippen LogP contribution in [0.4, 0.5) is 0 Å². The summed E-state index contributed by atoms with van der Waals surface area (Å²) in [6, 6.07) is -0.589. The zero-order chi connectivity index (χ0) is 8.59. The van der Waals surface area contributed by atoms with Crippen LogP contribution in [-0.4, -0.2) is 40.7 Å². The Morgan fingerprint density at radius 2 is 1.45 bits per heavy atom. The van der Waals surface area contributed by atoms with Crippen LogP contribution in [0.5, 0.6) is 0 Å². The molecular weight excluding hydrogens is 146 g/mol. The number of aliphatic hydroxyl groups is 2. The monoisotopic (exact) mass is 161 g/mol. The second kappa shape index (κ2) is 3.06. The third-order valence-corrected chi connectivity index (χ3v) is 2.18. The maximum Gasteiger partial charge on any atom is 0.0975 e. The zero-order valence-corrected chi connectivity index (χ0v) is 6.77. The number of ether oxygens (including phenoxy) is 1. The first-order valence-corrected chi connectivity index (χ1v) is 3.81. The van der Waals surface area contributed by atoms with Crippen LogP contribution in [0, 0.1) is 0 Å². The van der Waals surface area contributed by atoms with E-state index in [0.717, 1.165) is 0 Å². The fourth-order valence-corrected chi connectivity index (χ4v) is 1.33. The average Bonchev–Trinajstić information content (AvgIpc) is 1.97. The van der Waals surface area contributed by atoms with E-state index < -0.39 is 18.2 Å². The van der Waals surface area contributed by atoms with Gasteiger partial charge in [0.2, 0.25) is 0 Å². The van der Waals surface area contributed by atoms with E-state index in [0.29, 0.717) is 0 Å². The molecule has 0 bridgehead atoms. The lowest BCUT2D eigenvalue weighted by atomic mass is 9.95. The molecule has 0 aromatic carbocycles. The smallest absolute Gasteiger partial charge is 0.0975 e. The van der Waals surface area contributed by atoms with Gasteiger partial charge in [-0.05, 0) is 13.8 Å². The first-order valence-electron chi connectivity index (χ1n) is 3.81. The molecule has 0 amide bonds. The van der Waals surface area contributed by atoms with E-state index in [9.17, 15) is 10.2 Å². The molecule has 1 fully saturated rings. The Balaban J connectivity index is 2.63. The van der Waals surface area contributed by atoms with Crippen molar-refractivity contribution >= 4 is 0 Å². The van der Waals surface area contributed by atoms with Crippen molar-refractivity contribution in [2.75, 3.05) is 0 Å². The van der Waals surface area contributed by atoms with Gasteiger partial charge in [0.05, 0.1) is 30.5 Å². The lowest BCUT2D eigenvalue weighted by Gasteiger charge is -2.38. The first kappa shape index (κ1) is 8.93. The van der Waals surface area contributed by atoms with E-state index in [1.54, 1.807) is 13.8 Å². The molecule has 4 nitrogen and oxygen atoms in total. The van der Waals surface area contributed by atoms with Crippen molar-refractivity contribution in [1.82, 2.24) is 0 Å². The molecule has 0 radical (unpaired) electrons. The Labute approximate surface area is 66.0 Å². The predicted octanol–water partition coefficient (Wildman–Crippen LogP) is -1.16. The summed E-state index contributed by atoms with van der Waals surface area (Å²) >= 11 is 0. The highest BCUT2D eigenvalue weighted by Crippen LogP contribution is 2.18. The number of hydrogen-bond acceptors (Lipinski definition) is 4. The number of hydrogen-bond donors (Lipinski definition) is 3. The third kappa shape index (κ3) is 1.54. The van der Waals surface area contributed by atoms with Gasteiger partial charge in [-0.15, -0.1) is 0 Å². The molecule has 1 heterocycles. The second-order valence-corrected chi connectivity index (χ2v) is 3.10. The van der Waals surface area contributed by atoms with Crippen molar-refractivity contribution in [1.29, 1.82) is 0 Å². The van der Waals surface area contributed by atoms with Crippen molar-refractivity contribution in [3.63, 3.8) is 0 Å². The minimum atomic E-state index is -0.763. The summed E-state index contributed by atoms with van der Waals surface area (Å²) in [5, 5.41) is 18.6. The van der Waals surface area contributed by atoms with E-state index in [4.69, 9.17) is 10.5 Å². The molecule has 11 heavy (non-hydrogen) atoms. The molecule has 0 aromatic rings. The van der Waals surface area contributed by atoms with Crippen LogP contribution in [-0.2, 0) is 4.74 Å². The van der Waals surface area contributed by atoms with Gasteiger partial charge in [0, 0.05) is 0 Å². The molecule has 1 aliphatic heterocycles. The fourth-order valence-electron chi connectivity index (χ4n) is 1.33. The van der Waals surface area contributed by atoms with Gasteiger partial charge in [-0.1, -0.05) is 0 Å². The van der Waals surface area contributed by atoms with Gasteiger partial charge in [0.15, 0.2) is 0 Å². The molecule has 4 atom stereocenters. The van der Waals surface area contributed by atoms with Crippen molar-refractivity contribution < 1.29 is 14.9 Å². The maximum atomic E-state index is 9.32. The normalized spacial score (nSPS) is 52.6. The second-order valence-electron chi connectivity index (χ2n) is 3.10. The Hall–Kier alpha value is -0.160. The maximum absolute atomic E-state index is 9.32. The van der Waals surface area contributed by atoms with Crippen molar-refractivity contribution in [3.8, 4) is 0 Å². The van der Waals surface area contributed by atoms with Gasteiger partial charge in [0.25, 0.3) is 0 Å². The van der Waals surface area contributed by atoms with Gasteiger partial charge < -0.3 is 20.7 Å². The summed E-state index contributed by atoms with van der Waals surface area (Å²) in [5.41, 5.74) is 5.52. The summed E-state index contributed by atoms with van der Waals surface area (Å²) in [7, 11) is 0. The highest BCUT2D eigenvalue weighted by Gasteiger charge is 2.38. The molecule has 1 saturated heterocycles. The SMILES string of the molecule is CC1OC(C)C(O)C(N)C1O. The van der Waals surface area contributed by atoms with Crippen LogP contribution >= 0.6 is 0 Å². The summed E-state index contributed by atoms with van der Waals surface area (Å²) in [5.74, 6) is 0. The Bertz CT molecular complexity index is 128. The topological polar surface area (TPSA) is 75.7 Å². The largest absolute Gasteiger partial charge is 0.389 e. The van der Waals surface area contributed by atoms with E-state index in [2.05, 4.69) is 0 Å². The molecular formula is C7H15NO3. The van der Waals surface area contributed by atoms with E-state index in [1.807, 2.05) is 0 Å². The van der Waals surface area contributed by atoms with Gasteiger partial charge in [0.1, 0.15) is 0 Å². The van der Waals surface area contributed by atoms with Crippen LogP contribution < -0.4 is 5.73 Å². The minimum Gasteiger partial charge on any atom is -0.389 e. The zero-order valence-electron chi connectivity index (χ0n) is 6.77. The predicted molar refractivity (Wildman–Crippen MR) is 40.0 cm³/mol. The molecule has 4 unspecified atom stereocenters. The van der Waals surface area contributed by atoms with Gasteiger partial charge in [-0.25, -0.2) is 0 Å². The lowest BCUT2D eigenvalue weighted by Crippen LogP contribution is -2.59. The number of aliphatic hydroxyl groups excluding tert-OH is 2. The van der Waals surface area contributed by atoms with Crippen molar-refractivity contribution in [2.24, 2.45) is 5.73 Å². The molecule has 0 aromatic heterocycles. The van der Waals surface area contributed by atoms with Gasteiger partial charge in [-0.2, -0.15) is 0 Å². The summed E-state index contributed by atoms with van der Waals surface area (Å²) in [6.07, 6.45) is -2.10. The molecule has 1 rings (SSSR count). The van der Waals surface area contributed by atoms with Crippen LogP contribution in [0.1, 0.15) is 13.8 Å². The summed E-state index contributed by atoms with van der Waals surface area (Å²) in [6.45, 7) is 3.49. The molecule has 0 aliphatic carbocycles. The summed E-state index contributed by atoms with van der Waals surface area (Å²) < 4.78 is 5.20. The lowest BCUT2D eigenvalue weighted by molar-refractivity contribution is -0.165. The third-order valence-electron chi connectivity index (χ3n) is 2.18. The first-order chi connectivity index (χ1) is 5.04. The highest BCUT2D eigenvalue weighted by atomic mass is 16.5. The van der Waals surface area contributed by atoms with Crippen LogP contribution in [0.2, 0.25) is 0 Å². The molecule has 4 heteroatoms. The number of nitrogens with two attached hydrogens (primary N) is 1. The molecule has 0 saturated carbocycles. The fraction of sp³-hybridized carbons (Fsp3) is 1.00. The Morgan fingerprint density at radius 3 is 1.82 bits per heavy atom. The average molecular weight is 161 g/mol.